The van der Waals surface area contributed by atoms with Gasteiger partial charge in [0.1, 0.15) is 17.3 Å². The number of carbonyl (C=O) groups is 1. The monoisotopic (exact) mass is 277 g/mol. The van der Waals surface area contributed by atoms with Crippen LogP contribution in [0.3, 0.4) is 0 Å². The second-order valence-electron chi connectivity index (χ2n) is 5.10. The molecule has 20 heavy (non-hydrogen) atoms. The second-order valence-corrected chi connectivity index (χ2v) is 5.10. The van der Waals surface area contributed by atoms with Crippen LogP contribution in [0, 0.1) is 11.6 Å². The molecule has 1 unspecified atom stereocenters. The fourth-order valence-corrected chi connectivity index (χ4v) is 2.84. The largest absolute Gasteiger partial charge is 0.477 e. The fraction of sp³-hybridized carbons (Fsp3) is 0.267. The van der Waals surface area contributed by atoms with Crippen LogP contribution in [0.2, 0.25) is 0 Å². The van der Waals surface area contributed by atoms with Crippen LogP contribution in [-0.4, -0.2) is 16.1 Å². The molecule has 0 spiro atoms. The molecule has 3 rings (SSSR count). The van der Waals surface area contributed by atoms with Crippen molar-refractivity contribution in [2.24, 2.45) is 0 Å². The van der Waals surface area contributed by atoms with Crippen LogP contribution in [0.15, 0.2) is 24.3 Å². The van der Waals surface area contributed by atoms with Gasteiger partial charge in [0.05, 0.1) is 0 Å². The number of benzene rings is 1. The van der Waals surface area contributed by atoms with Crippen molar-refractivity contribution in [3.8, 4) is 0 Å². The topological polar surface area (TPSA) is 53.1 Å². The Morgan fingerprint density at radius 2 is 2.15 bits per heavy atom. The molecule has 0 radical (unpaired) electrons. The third-order valence-electron chi connectivity index (χ3n) is 3.83. The van der Waals surface area contributed by atoms with Gasteiger partial charge in [-0.3, -0.25) is 0 Å². The van der Waals surface area contributed by atoms with E-state index in [0.717, 1.165) is 30.2 Å². The molecule has 0 amide bonds. The molecular weight excluding hydrogens is 264 g/mol. The maximum atomic E-state index is 13.7. The Morgan fingerprint density at radius 1 is 1.35 bits per heavy atom. The van der Waals surface area contributed by atoms with Crippen LogP contribution in [0.25, 0.3) is 0 Å². The minimum Gasteiger partial charge on any atom is -0.477 e. The molecule has 5 heteroatoms. The zero-order valence-corrected chi connectivity index (χ0v) is 10.6. The number of fused-ring (bicyclic) bond motifs is 1. The minimum atomic E-state index is -0.994. The fourth-order valence-electron chi connectivity index (χ4n) is 2.84. The molecule has 0 bridgehead atoms. The zero-order chi connectivity index (χ0) is 14.3. The lowest BCUT2D eigenvalue weighted by Gasteiger charge is -2.10. The molecule has 1 heterocycles. The number of carboxylic acid groups (broad SMARTS) is 1. The van der Waals surface area contributed by atoms with Crippen molar-refractivity contribution >= 4 is 5.97 Å². The summed E-state index contributed by atoms with van der Waals surface area (Å²) >= 11 is 0. The molecule has 104 valence electrons. The van der Waals surface area contributed by atoms with Crippen LogP contribution < -0.4 is 0 Å². The lowest BCUT2D eigenvalue weighted by atomic mass is 9.94. The van der Waals surface area contributed by atoms with E-state index in [0.29, 0.717) is 12.0 Å². The Morgan fingerprint density at radius 3 is 2.85 bits per heavy atom. The van der Waals surface area contributed by atoms with E-state index in [2.05, 4.69) is 4.98 Å². The summed E-state index contributed by atoms with van der Waals surface area (Å²) in [4.78, 5) is 13.8. The number of H-pyrrole nitrogens is 1. The maximum Gasteiger partial charge on any atom is 0.352 e. The Hall–Kier alpha value is -2.17. The van der Waals surface area contributed by atoms with Crippen molar-refractivity contribution in [3.05, 3.63) is 58.4 Å². The highest BCUT2D eigenvalue weighted by Crippen LogP contribution is 2.36. The van der Waals surface area contributed by atoms with E-state index in [-0.39, 0.29) is 11.6 Å². The standard InChI is InChI=1S/C15H13F2NO2/c16-10-3-1-9(12(17)6-10)5-8-2-4-13-11(8)7-14(18-13)15(19)20/h1,3,6-8,18H,2,4-5H2,(H,19,20). The number of carboxylic acids is 1. The van der Waals surface area contributed by atoms with Gasteiger partial charge in [-0.25, -0.2) is 13.6 Å². The number of aryl methyl sites for hydroxylation is 1. The number of aromatic amines is 1. The molecule has 1 aromatic carbocycles. The molecule has 1 aliphatic carbocycles. The quantitative estimate of drug-likeness (QED) is 0.904. The van der Waals surface area contributed by atoms with Crippen LogP contribution in [0.4, 0.5) is 8.78 Å². The Bertz CT molecular complexity index is 679. The number of aromatic carboxylic acids is 1. The average Bonchev–Trinajstić information content (AvgIpc) is 2.94. The van der Waals surface area contributed by atoms with Crippen molar-refractivity contribution in [3.63, 3.8) is 0 Å². The van der Waals surface area contributed by atoms with Crippen molar-refractivity contribution in [1.82, 2.24) is 4.98 Å². The first-order valence-electron chi connectivity index (χ1n) is 6.43. The molecular formula is C15H13F2NO2. The summed E-state index contributed by atoms with van der Waals surface area (Å²) in [5.41, 5.74) is 2.47. The van der Waals surface area contributed by atoms with E-state index in [1.54, 1.807) is 6.07 Å². The van der Waals surface area contributed by atoms with Gasteiger partial charge in [-0.15, -0.1) is 0 Å². The molecule has 0 saturated carbocycles. The van der Waals surface area contributed by atoms with Gasteiger partial charge in [-0.05, 0) is 48.4 Å². The number of rotatable bonds is 3. The van der Waals surface area contributed by atoms with Gasteiger partial charge in [0.15, 0.2) is 0 Å². The van der Waals surface area contributed by atoms with E-state index in [9.17, 15) is 13.6 Å². The van der Waals surface area contributed by atoms with Gasteiger partial charge < -0.3 is 10.1 Å². The number of hydrogen-bond donors (Lipinski definition) is 2. The molecule has 0 aliphatic heterocycles. The van der Waals surface area contributed by atoms with Gasteiger partial charge in [-0.2, -0.15) is 0 Å². The molecule has 1 aromatic heterocycles. The summed E-state index contributed by atoms with van der Waals surface area (Å²) in [6.07, 6.45) is 2.06. The van der Waals surface area contributed by atoms with Crippen molar-refractivity contribution in [2.45, 2.75) is 25.2 Å². The summed E-state index contributed by atoms with van der Waals surface area (Å²) in [5.74, 6) is -2.05. The predicted molar refractivity (Wildman–Crippen MR) is 68.9 cm³/mol. The van der Waals surface area contributed by atoms with E-state index in [1.165, 1.54) is 12.1 Å². The Labute approximate surface area is 114 Å². The normalized spacial score (nSPS) is 17.2. The zero-order valence-electron chi connectivity index (χ0n) is 10.6. The van der Waals surface area contributed by atoms with E-state index in [4.69, 9.17) is 5.11 Å². The number of hydrogen-bond acceptors (Lipinski definition) is 1. The molecule has 1 aliphatic rings. The average molecular weight is 277 g/mol. The summed E-state index contributed by atoms with van der Waals surface area (Å²) in [6, 6.07) is 5.20. The molecule has 0 fully saturated rings. The van der Waals surface area contributed by atoms with E-state index >= 15 is 0 Å². The van der Waals surface area contributed by atoms with Gasteiger partial charge in [0.25, 0.3) is 0 Å². The first kappa shape index (κ1) is 12.8. The van der Waals surface area contributed by atoms with E-state index < -0.39 is 17.6 Å². The molecule has 0 saturated heterocycles. The Balaban J connectivity index is 1.86. The summed E-state index contributed by atoms with van der Waals surface area (Å²) in [7, 11) is 0. The number of halogens is 2. The SMILES string of the molecule is O=C(O)c1cc2c([nH]1)CCC2Cc1ccc(F)cc1F. The van der Waals surface area contributed by atoms with Gasteiger partial charge >= 0.3 is 5.97 Å². The van der Waals surface area contributed by atoms with Gasteiger partial charge in [-0.1, -0.05) is 6.07 Å². The molecule has 1 atom stereocenters. The summed E-state index contributed by atoms with van der Waals surface area (Å²) in [5, 5.41) is 8.96. The lowest BCUT2D eigenvalue weighted by Crippen LogP contribution is -2.02. The smallest absolute Gasteiger partial charge is 0.352 e. The number of aromatic nitrogens is 1. The van der Waals surface area contributed by atoms with Gasteiger partial charge in [0, 0.05) is 11.8 Å². The molecule has 3 nitrogen and oxygen atoms in total. The summed E-state index contributed by atoms with van der Waals surface area (Å²) < 4.78 is 26.6. The number of nitrogens with one attached hydrogen (secondary N) is 1. The third kappa shape index (κ3) is 2.19. The van der Waals surface area contributed by atoms with E-state index in [1.807, 2.05) is 0 Å². The van der Waals surface area contributed by atoms with Crippen molar-refractivity contribution in [2.75, 3.05) is 0 Å². The Kier molecular flexibility index (Phi) is 3.04. The lowest BCUT2D eigenvalue weighted by molar-refractivity contribution is 0.0691. The van der Waals surface area contributed by atoms with Crippen molar-refractivity contribution < 1.29 is 18.7 Å². The first-order chi connectivity index (χ1) is 9.54. The van der Waals surface area contributed by atoms with Crippen LogP contribution in [-0.2, 0) is 12.8 Å². The first-order valence-corrected chi connectivity index (χ1v) is 6.43. The van der Waals surface area contributed by atoms with Crippen LogP contribution in [0.5, 0.6) is 0 Å². The second kappa shape index (κ2) is 4.74. The van der Waals surface area contributed by atoms with Crippen LogP contribution >= 0.6 is 0 Å². The third-order valence-corrected chi connectivity index (χ3v) is 3.83. The van der Waals surface area contributed by atoms with Crippen molar-refractivity contribution in [1.29, 1.82) is 0 Å². The highest BCUT2D eigenvalue weighted by atomic mass is 19.1. The summed E-state index contributed by atoms with van der Waals surface area (Å²) in [6.45, 7) is 0. The molecule has 2 N–H and O–H groups in total. The predicted octanol–water partition coefficient (Wildman–Crippen LogP) is 3.26. The molecule has 2 aromatic rings. The highest BCUT2D eigenvalue weighted by molar-refractivity contribution is 5.86. The minimum absolute atomic E-state index is 0.0781. The highest BCUT2D eigenvalue weighted by Gasteiger charge is 2.27. The maximum absolute atomic E-state index is 13.7. The van der Waals surface area contributed by atoms with Gasteiger partial charge in [0.2, 0.25) is 0 Å². The van der Waals surface area contributed by atoms with Crippen LogP contribution in [0.1, 0.15) is 39.6 Å².